The number of nitrogens with one attached hydrogen (secondary N) is 1. The molecule has 1 aliphatic rings. The highest BCUT2D eigenvalue weighted by Crippen LogP contribution is 2.28. The van der Waals surface area contributed by atoms with Crippen LogP contribution in [0.3, 0.4) is 0 Å². The molecule has 156 valence electrons. The van der Waals surface area contributed by atoms with Crippen molar-refractivity contribution in [2.75, 3.05) is 45.2 Å². The minimum Gasteiger partial charge on any atom is -0.495 e. The molecule has 3 rings (SSSR count). The summed E-state index contributed by atoms with van der Waals surface area (Å²) in [4.78, 5) is 14.2. The highest BCUT2D eigenvalue weighted by molar-refractivity contribution is 7.89. The Morgan fingerprint density at radius 3 is 2.38 bits per heavy atom. The van der Waals surface area contributed by atoms with Gasteiger partial charge in [-0.1, -0.05) is 6.07 Å². The number of ether oxygens (including phenoxy) is 1. The van der Waals surface area contributed by atoms with Crippen molar-refractivity contribution in [3.8, 4) is 5.75 Å². The van der Waals surface area contributed by atoms with Gasteiger partial charge in [-0.05, 0) is 48.9 Å². The Balaban J connectivity index is 1.59. The van der Waals surface area contributed by atoms with E-state index in [1.54, 1.807) is 18.2 Å². The predicted octanol–water partition coefficient (Wildman–Crippen LogP) is 2.09. The van der Waals surface area contributed by atoms with E-state index in [0.717, 1.165) is 5.56 Å². The van der Waals surface area contributed by atoms with E-state index >= 15 is 0 Å². The van der Waals surface area contributed by atoms with Crippen molar-refractivity contribution in [3.63, 3.8) is 0 Å². The van der Waals surface area contributed by atoms with E-state index in [-0.39, 0.29) is 36.3 Å². The molecule has 0 saturated carbocycles. The summed E-state index contributed by atoms with van der Waals surface area (Å²) in [7, 11) is -2.24. The van der Waals surface area contributed by atoms with Crippen molar-refractivity contribution in [1.29, 1.82) is 0 Å². The molecule has 9 heteroatoms. The lowest BCUT2D eigenvalue weighted by atomic mass is 10.2. The maximum atomic E-state index is 13.0. The minimum absolute atomic E-state index is 0.138. The molecule has 1 N–H and O–H groups in total. The molecule has 1 saturated heterocycles. The average molecular weight is 421 g/mol. The number of anilines is 1. The number of carbonyl (C=O) groups excluding carboxylic acids is 1. The summed E-state index contributed by atoms with van der Waals surface area (Å²) < 4.78 is 45.6. The number of rotatable bonds is 6. The maximum Gasteiger partial charge on any atom is 0.246 e. The first-order valence-electron chi connectivity index (χ1n) is 9.22. The number of halogens is 1. The van der Waals surface area contributed by atoms with Crippen LogP contribution in [-0.2, 0) is 14.8 Å². The van der Waals surface area contributed by atoms with Crippen molar-refractivity contribution in [1.82, 2.24) is 9.21 Å². The number of piperazine rings is 1. The van der Waals surface area contributed by atoms with E-state index < -0.39 is 10.0 Å². The number of sulfonamides is 1. The van der Waals surface area contributed by atoms with E-state index in [4.69, 9.17) is 4.74 Å². The molecule has 0 atom stereocenters. The fourth-order valence-corrected chi connectivity index (χ4v) is 4.85. The summed E-state index contributed by atoms with van der Waals surface area (Å²) in [5, 5.41) is 2.71. The fraction of sp³-hybridized carbons (Fsp3) is 0.350. The lowest BCUT2D eigenvalue weighted by molar-refractivity contribution is -0.117. The monoisotopic (exact) mass is 421 g/mol. The van der Waals surface area contributed by atoms with Gasteiger partial charge in [0.15, 0.2) is 0 Å². The normalized spacial score (nSPS) is 15.8. The molecule has 2 aromatic rings. The summed E-state index contributed by atoms with van der Waals surface area (Å²) in [6.07, 6.45) is 0. The van der Waals surface area contributed by atoms with Gasteiger partial charge in [-0.25, -0.2) is 12.8 Å². The van der Waals surface area contributed by atoms with Crippen LogP contribution in [0.4, 0.5) is 10.1 Å². The first-order valence-corrected chi connectivity index (χ1v) is 10.7. The smallest absolute Gasteiger partial charge is 0.246 e. The third-order valence-electron chi connectivity index (χ3n) is 4.76. The van der Waals surface area contributed by atoms with Gasteiger partial charge >= 0.3 is 0 Å². The second-order valence-corrected chi connectivity index (χ2v) is 8.80. The highest BCUT2D eigenvalue weighted by Gasteiger charge is 2.31. The van der Waals surface area contributed by atoms with E-state index in [9.17, 15) is 17.6 Å². The Bertz CT molecular complexity index is 972. The summed E-state index contributed by atoms with van der Waals surface area (Å²) in [6.45, 7) is 3.40. The van der Waals surface area contributed by atoms with Crippen LogP contribution in [-0.4, -0.2) is 63.4 Å². The molecule has 0 aliphatic carbocycles. The molecule has 29 heavy (non-hydrogen) atoms. The van der Waals surface area contributed by atoms with Gasteiger partial charge in [-0.2, -0.15) is 4.31 Å². The van der Waals surface area contributed by atoms with E-state index in [0.29, 0.717) is 24.5 Å². The van der Waals surface area contributed by atoms with Crippen molar-refractivity contribution in [2.24, 2.45) is 0 Å². The molecule has 0 bridgehead atoms. The molecule has 1 amide bonds. The Morgan fingerprint density at radius 2 is 1.76 bits per heavy atom. The number of amides is 1. The largest absolute Gasteiger partial charge is 0.495 e. The van der Waals surface area contributed by atoms with Gasteiger partial charge in [0, 0.05) is 31.9 Å². The van der Waals surface area contributed by atoms with Crippen molar-refractivity contribution in [3.05, 3.63) is 53.8 Å². The van der Waals surface area contributed by atoms with E-state index in [1.807, 2.05) is 11.8 Å². The van der Waals surface area contributed by atoms with Gasteiger partial charge < -0.3 is 10.1 Å². The summed E-state index contributed by atoms with van der Waals surface area (Å²) >= 11 is 0. The summed E-state index contributed by atoms with van der Waals surface area (Å²) in [5.41, 5.74) is 1.35. The van der Waals surface area contributed by atoms with Crippen LogP contribution in [0.15, 0.2) is 47.4 Å². The lowest BCUT2D eigenvalue weighted by Crippen LogP contribution is -2.50. The summed E-state index contributed by atoms with van der Waals surface area (Å²) in [6, 6.07) is 10.6. The number of methoxy groups -OCH3 is 1. The molecule has 1 aliphatic heterocycles. The van der Waals surface area contributed by atoms with E-state index in [1.165, 1.54) is 35.7 Å². The SMILES string of the molecule is COc1ccc(C)cc1S(=O)(=O)N1CCN(CC(=O)Nc2ccc(F)cc2)CC1. The van der Waals surface area contributed by atoms with Crippen molar-refractivity contribution >= 4 is 21.6 Å². The van der Waals surface area contributed by atoms with E-state index in [2.05, 4.69) is 5.32 Å². The van der Waals surface area contributed by atoms with Gasteiger partial charge in [-0.3, -0.25) is 9.69 Å². The Labute approximate surface area is 170 Å². The zero-order chi connectivity index (χ0) is 21.0. The molecular formula is C20H24FN3O4S. The molecule has 0 spiro atoms. The minimum atomic E-state index is -3.69. The Kier molecular flexibility index (Phi) is 6.51. The topological polar surface area (TPSA) is 79.0 Å². The van der Waals surface area contributed by atoms with Crippen molar-refractivity contribution < 1.29 is 22.3 Å². The maximum absolute atomic E-state index is 13.0. The van der Waals surface area contributed by atoms with Crippen LogP contribution in [0.25, 0.3) is 0 Å². The number of hydrogen-bond acceptors (Lipinski definition) is 5. The Hall–Kier alpha value is -2.49. The molecular weight excluding hydrogens is 397 g/mol. The van der Waals surface area contributed by atoms with Gasteiger partial charge in [-0.15, -0.1) is 0 Å². The van der Waals surface area contributed by atoms with Crippen LogP contribution in [0.1, 0.15) is 5.56 Å². The molecule has 2 aromatic carbocycles. The second-order valence-electron chi connectivity index (χ2n) is 6.89. The zero-order valence-corrected chi connectivity index (χ0v) is 17.2. The van der Waals surface area contributed by atoms with Crippen LogP contribution in [0, 0.1) is 12.7 Å². The molecule has 7 nitrogen and oxygen atoms in total. The number of hydrogen-bond donors (Lipinski definition) is 1. The van der Waals surface area contributed by atoms with Crippen molar-refractivity contribution in [2.45, 2.75) is 11.8 Å². The van der Waals surface area contributed by atoms with Crippen LogP contribution >= 0.6 is 0 Å². The molecule has 1 fully saturated rings. The average Bonchev–Trinajstić information content (AvgIpc) is 2.70. The molecule has 1 heterocycles. The predicted molar refractivity (Wildman–Crippen MR) is 108 cm³/mol. The number of aryl methyl sites for hydroxylation is 1. The van der Waals surface area contributed by atoms with Gasteiger partial charge in [0.1, 0.15) is 16.5 Å². The third-order valence-corrected chi connectivity index (χ3v) is 6.68. The van der Waals surface area contributed by atoms with Crippen LogP contribution in [0.2, 0.25) is 0 Å². The third kappa shape index (κ3) is 5.11. The zero-order valence-electron chi connectivity index (χ0n) is 16.4. The van der Waals surface area contributed by atoms with Gasteiger partial charge in [0.2, 0.25) is 15.9 Å². The van der Waals surface area contributed by atoms with Gasteiger partial charge in [0.25, 0.3) is 0 Å². The lowest BCUT2D eigenvalue weighted by Gasteiger charge is -2.33. The molecule has 0 aromatic heterocycles. The standard InChI is InChI=1S/C20H24FN3O4S/c1-15-3-8-18(28-2)19(13-15)29(26,27)24-11-9-23(10-12-24)14-20(25)22-17-6-4-16(21)5-7-17/h3-8,13H,9-12,14H2,1-2H3,(H,22,25). The first kappa shape index (κ1) is 21.2. The highest BCUT2D eigenvalue weighted by atomic mass is 32.2. The second kappa shape index (κ2) is 8.89. The number of carbonyl (C=O) groups is 1. The first-order chi connectivity index (χ1) is 13.8. The fourth-order valence-electron chi connectivity index (χ4n) is 3.19. The van der Waals surface area contributed by atoms with Crippen LogP contribution in [0.5, 0.6) is 5.75 Å². The van der Waals surface area contributed by atoms with Gasteiger partial charge in [0.05, 0.1) is 13.7 Å². The summed E-state index contributed by atoms with van der Waals surface area (Å²) in [5.74, 6) is -0.282. The molecule has 0 radical (unpaired) electrons. The molecule has 0 unspecified atom stereocenters. The number of nitrogens with zero attached hydrogens (tertiary/aromatic N) is 2. The quantitative estimate of drug-likeness (QED) is 0.773. The number of benzene rings is 2. The Morgan fingerprint density at radius 1 is 1.10 bits per heavy atom. The van der Waals surface area contributed by atoms with Crippen LogP contribution < -0.4 is 10.1 Å².